The number of aliphatic carboxylic acids is 1. The van der Waals surface area contributed by atoms with Crippen LogP contribution >= 0.6 is 0 Å². The number of amides is 1. The van der Waals surface area contributed by atoms with Crippen molar-refractivity contribution < 1.29 is 37.3 Å². The minimum atomic E-state index is -5.08. The monoisotopic (exact) mass is 701 g/mol. The fraction of sp³-hybridized carbons (Fsp3) is 0.457. The van der Waals surface area contributed by atoms with E-state index in [4.69, 9.17) is 24.8 Å². The number of carbonyl (C=O) groups excluding carboxylic acids is 1. The number of alkyl halides is 3. The number of aryl methyl sites for hydroxylation is 1. The number of carbonyl (C=O) groups is 2. The van der Waals surface area contributed by atoms with Gasteiger partial charge in [0.1, 0.15) is 5.75 Å². The summed E-state index contributed by atoms with van der Waals surface area (Å²) in [4.78, 5) is 34.7. The number of rotatable bonds is 15. The molecule has 4 N–H and O–H groups in total. The number of hydrogen-bond donors (Lipinski definition) is 4. The largest absolute Gasteiger partial charge is 0.493 e. The number of carboxylic acid groups (broad SMARTS) is 1. The molecule has 1 fully saturated rings. The number of guanidine groups is 1. The molecule has 2 heterocycles. The SMILES string of the molecule is CCCCNC(=N)NC(=O)CCc1ccc(-c2ccc(CN3CCN(c4ncccn4)CC3)cc2)c(OCCCOC)c1.O=C(O)C(F)(F)F. The van der Waals surface area contributed by atoms with Crippen LogP contribution in [0.3, 0.4) is 0 Å². The molecule has 15 heteroatoms. The van der Waals surface area contributed by atoms with Crippen LogP contribution in [-0.2, 0) is 27.3 Å². The Labute approximate surface area is 290 Å². The molecule has 1 aliphatic heterocycles. The van der Waals surface area contributed by atoms with E-state index in [0.717, 1.165) is 80.4 Å². The average molecular weight is 702 g/mol. The fourth-order valence-electron chi connectivity index (χ4n) is 4.97. The molecule has 0 atom stereocenters. The molecule has 0 spiro atoms. The highest BCUT2D eigenvalue weighted by Crippen LogP contribution is 2.32. The molecule has 0 radical (unpaired) electrons. The van der Waals surface area contributed by atoms with Gasteiger partial charge in [-0.25, -0.2) is 14.8 Å². The zero-order valence-corrected chi connectivity index (χ0v) is 28.5. The first-order valence-corrected chi connectivity index (χ1v) is 16.5. The molecule has 12 nitrogen and oxygen atoms in total. The quantitative estimate of drug-likeness (QED) is 0.0980. The van der Waals surface area contributed by atoms with Gasteiger partial charge >= 0.3 is 12.1 Å². The lowest BCUT2D eigenvalue weighted by atomic mass is 9.99. The van der Waals surface area contributed by atoms with Crippen molar-refractivity contribution in [3.8, 4) is 16.9 Å². The van der Waals surface area contributed by atoms with E-state index < -0.39 is 12.1 Å². The lowest BCUT2D eigenvalue weighted by molar-refractivity contribution is -0.192. The number of anilines is 1. The molecule has 0 bridgehead atoms. The molecular formula is C35H46F3N7O5. The molecule has 50 heavy (non-hydrogen) atoms. The van der Waals surface area contributed by atoms with Crippen molar-refractivity contribution in [2.75, 3.05) is 57.9 Å². The number of hydrogen-bond acceptors (Lipinski definition) is 9. The third kappa shape index (κ3) is 14.0. The van der Waals surface area contributed by atoms with Crippen LogP contribution in [0.4, 0.5) is 19.1 Å². The van der Waals surface area contributed by atoms with Gasteiger partial charge in [0, 0.05) is 83.8 Å². The molecular weight excluding hydrogens is 655 g/mol. The van der Waals surface area contributed by atoms with Crippen LogP contribution in [0, 0.1) is 5.41 Å². The van der Waals surface area contributed by atoms with Crippen LogP contribution in [0.1, 0.15) is 43.7 Å². The van der Waals surface area contributed by atoms with Gasteiger partial charge in [0.2, 0.25) is 11.9 Å². The third-order valence-corrected chi connectivity index (χ3v) is 7.65. The van der Waals surface area contributed by atoms with Crippen molar-refractivity contribution in [2.45, 2.75) is 51.7 Å². The first kappa shape index (κ1) is 39.7. The van der Waals surface area contributed by atoms with E-state index >= 15 is 0 Å². The molecule has 1 amide bonds. The van der Waals surface area contributed by atoms with Crippen molar-refractivity contribution in [1.29, 1.82) is 5.41 Å². The number of nitrogens with zero attached hydrogens (tertiary/aromatic N) is 4. The summed E-state index contributed by atoms with van der Waals surface area (Å²) in [6.07, 6.45) is 2.14. The van der Waals surface area contributed by atoms with E-state index in [-0.39, 0.29) is 11.9 Å². The summed E-state index contributed by atoms with van der Waals surface area (Å²) in [5.41, 5.74) is 4.40. The van der Waals surface area contributed by atoms with E-state index in [1.165, 1.54) is 5.56 Å². The van der Waals surface area contributed by atoms with Gasteiger partial charge in [-0.1, -0.05) is 49.7 Å². The summed E-state index contributed by atoms with van der Waals surface area (Å²) in [6.45, 7) is 8.62. The van der Waals surface area contributed by atoms with Gasteiger partial charge < -0.3 is 24.8 Å². The highest BCUT2D eigenvalue weighted by atomic mass is 19.4. The minimum absolute atomic E-state index is 0.0588. The predicted molar refractivity (Wildman–Crippen MR) is 184 cm³/mol. The Balaban J connectivity index is 0.000000872. The number of methoxy groups -OCH3 is 1. The lowest BCUT2D eigenvalue weighted by Gasteiger charge is -2.34. The zero-order valence-electron chi connectivity index (χ0n) is 28.5. The number of piperazine rings is 1. The number of aromatic nitrogens is 2. The number of ether oxygens (including phenoxy) is 2. The van der Waals surface area contributed by atoms with Crippen molar-refractivity contribution in [3.05, 3.63) is 72.1 Å². The Morgan fingerprint density at radius 1 is 0.980 bits per heavy atom. The highest BCUT2D eigenvalue weighted by Gasteiger charge is 2.38. The van der Waals surface area contributed by atoms with E-state index in [1.807, 2.05) is 12.1 Å². The van der Waals surface area contributed by atoms with Crippen LogP contribution in [0.25, 0.3) is 11.1 Å². The average Bonchev–Trinajstić information content (AvgIpc) is 3.10. The predicted octanol–water partition coefficient (Wildman–Crippen LogP) is 4.89. The number of unbranched alkanes of at least 4 members (excludes halogenated alkanes) is 1. The summed E-state index contributed by atoms with van der Waals surface area (Å²) in [6, 6.07) is 16.7. The van der Waals surface area contributed by atoms with Crippen LogP contribution < -0.4 is 20.3 Å². The molecule has 0 aliphatic carbocycles. The van der Waals surface area contributed by atoms with E-state index in [2.05, 4.69) is 73.7 Å². The van der Waals surface area contributed by atoms with Gasteiger partial charge in [-0.2, -0.15) is 13.2 Å². The normalized spacial score (nSPS) is 13.2. The molecule has 4 rings (SSSR count). The maximum atomic E-state index is 12.4. The summed E-state index contributed by atoms with van der Waals surface area (Å²) < 4.78 is 43.1. The van der Waals surface area contributed by atoms with Crippen LogP contribution in [0.15, 0.2) is 60.9 Å². The maximum absolute atomic E-state index is 12.4. The summed E-state index contributed by atoms with van der Waals surface area (Å²) in [7, 11) is 1.69. The smallest absolute Gasteiger partial charge is 0.490 e. The first-order valence-electron chi connectivity index (χ1n) is 16.5. The van der Waals surface area contributed by atoms with Crippen molar-refractivity contribution in [1.82, 2.24) is 25.5 Å². The van der Waals surface area contributed by atoms with Crippen LogP contribution in [0.2, 0.25) is 0 Å². The fourth-order valence-corrected chi connectivity index (χ4v) is 4.97. The van der Waals surface area contributed by atoms with Gasteiger partial charge in [0.25, 0.3) is 0 Å². The Morgan fingerprint density at radius 3 is 2.26 bits per heavy atom. The van der Waals surface area contributed by atoms with Gasteiger partial charge in [-0.05, 0) is 41.7 Å². The van der Waals surface area contributed by atoms with E-state index in [1.54, 1.807) is 19.5 Å². The molecule has 1 aromatic heterocycles. The Kier molecular flexibility index (Phi) is 16.4. The van der Waals surface area contributed by atoms with Gasteiger partial charge in [-0.3, -0.25) is 20.4 Å². The number of benzene rings is 2. The summed E-state index contributed by atoms with van der Waals surface area (Å²) in [5, 5.41) is 20.6. The first-order chi connectivity index (χ1) is 24.0. The molecule has 2 aromatic carbocycles. The molecule has 0 unspecified atom stereocenters. The second kappa shape index (κ2) is 20.7. The standard InChI is InChI=1S/C33H45N7O3.C2HF3O2/c1-3-4-15-35-32(34)38-31(41)14-10-26-9-13-29(30(24-26)43-23-6-22-42-2)28-11-7-27(8-12-28)25-39-18-20-40(21-19-39)33-36-16-5-17-37-33;3-2(4,5)1(6)7/h5,7-9,11-13,16-17,24H,3-4,6,10,14-15,18-23,25H2,1-2H3,(H3,34,35,38,41);(H,6,7). The molecule has 3 aromatic rings. The second-order valence-electron chi connectivity index (χ2n) is 11.5. The van der Waals surface area contributed by atoms with Crippen molar-refractivity contribution >= 4 is 23.8 Å². The third-order valence-electron chi connectivity index (χ3n) is 7.65. The highest BCUT2D eigenvalue weighted by molar-refractivity contribution is 5.95. The lowest BCUT2D eigenvalue weighted by Crippen LogP contribution is -2.46. The topological polar surface area (TPSA) is 153 Å². The molecule has 1 aliphatic rings. The minimum Gasteiger partial charge on any atom is -0.493 e. The van der Waals surface area contributed by atoms with Gasteiger partial charge in [-0.15, -0.1) is 0 Å². The van der Waals surface area contributed by atoms with E-state index in [9.17, 15) is 18.0 Å². The summed E-state index contributed by atoms with van der Waals surface area (Å²) in [5.74, 6) is -1.27. The number of halogens is 3. The number of nitrogens with one attached hydrogen (secondary N) is 3. The van der Waals surface area contributed by atoms with Crippen LogP contribution in [-0.4, -0.2) is 97.0 Å². The van der Waals surface area contributed by atoms with Crippen molar-refractivity contribution in [3.63, 3.8) is 0 Å². The zero-order chi connectivity index (χ0) is 36.4. The Morgan fingerprint density at radius 2 is 1.64 bits per heavy atom. The number of carboxylic acids is 1. The molecule has 1 saturated heterocycles. The van der Waals surface area contributed by atoms with E-state index in [0.29, 0.717) is 32.6 Å². The molecule has 0 saturated carbocycles. The maximum Gasteiger partial charge on any atom is 0.490 e. The van der Waals surface area contributed by atoms with Crippen molar-refractivity contribution in [2.24, 2.45) is 0 Å². The Hall–Kier alpha value is -4.76. The van der Waals surface area contributed by atoms with Gasteiger partial charge in [0.15, 0.2) is 5.96 Å². The Bertz CT molecular complexity index is 1490. The molecule has 272 valence electrons. The summed E-state index contributed by atoms with van der Waals surface area (Å²) >= 11 is 0. The van der Waals surface area contributed by atoms with Crippen LogP contribution in [0.5, 0.6) is 5.75 Å². The van der Waals surface area contributed by atoms with Gasteiger partial charge in [0.05, 0.1) is 6.61 Å². The second-order valence-corrected chi connectivity index (χ2v) is 11.5.